The van der Waals surface area contributed by atoms with Gasteiger partial charge in [-0.05, 0) is 90.0 Å². The molecule has 0 aromatic heterocycles. The third-order valence-electron chi connectivity index (χ3n) is 9.69. The first-order valence-corrected chi connectivity index (χ1v) is 15.5. The highest BCUT2D eigenvalue weighted by Gasteiger charge is 2.41. The minimum atomic E-state index is 0.249. The molecular weight excluding hydrogens is 528 g/mol. The maximum Gasteiger partial charge on any atom is 0.0349 e. The van der Waals surface area contributed by atoms with Crippen molar-refractivity contribution in [2.24, 2.45) is 0 Å². The second-order valence-electron chi connectivity index (χ2n) is 12.0. The maximum absolute atomic E-state index is 2.51. The Hall–Kier alpha value is -5.46. The van der Waals surface area contributed by atoms with Gasteiger partial charge in [0.15, 0.2) is 0 Å². The molecular formula is C44H30. The van der Waals surface area contributed by atoms with Crippen molar-refractivity contribution in [3.63, 3.8) is 0 Å². The third-order valence-corrected chi connectivity index (χ3v) is 9.69. The van der Waals surface area contributed by atoms with Crippen LogP contribution in [0.1, 0.15) is 45.2 Å². The van der Waals surface area contributed by atoms with Crippen molar-refractivity contribution < 1.29 is 0 Å². The van der Waals surface area contributed by atoms with Crippen LogP contribution in [-0.4, -0.2) is 0 Å². The van der Waals surface area contributed by atoms with E-state index in [1.54, 1.807) is 0 Å². The lowest BCUT2D eigenvalue weighted by molar-refractivity contribution is 0.755. The zero-order valence-electron chi connectivity index (χ0n) is 24.3. The third kappa shape index (κ3) is 3.92. The summed E-state index contributed by atoms with van der Waals surface area (Å²) in [5.74, 6) is 0.499. The molecule has 0 N–H and O–H groups in total. The van der Waals surface area contributed by atoms with Crippen LogP contribution in [0.2, 0.25) is 0 Å². The summed E-state index contributed by atoms with van der Waals surface area (Å²) < 4.78 is 0. The van der Waals surface area contributed by atoms with Gasteiger partial charge < -0.3 is 0 Å². The first kappa shape index (κ1) is 25.1. The number of benzene rings is 7. The van der Waals surface area contributed by atoms with E-state index in [0.717, 1.165) is 0 Å². The molecule has 0 fully saturated rings. The number of hydrogen-bond acceptors (Lipinski definition) is 0. The Labute approximate surface area is 258 Å². The molecule has 0 unspecified atom stereocenters. The molecule has 0 saturated carbocycles. The largest absolute Gasteiger partial charge is 0.0622 e. The molecule has 0 heteroatoms. The van der Waals surface area contributed by atoms with E-state index in [-0.39, 0.29) is 11.8 Å². The summed E-state index contributed by atoms with van der Waals surface area (Å²) in [5, 5.41) is 0. The van der Waals surface area contributed by atoms with Crippen LogP contribution in [0, 0.1) is 0 Å². The predicted molar refractivity (Wildman–Crippen MR) is 183 cm³/mol. The van der Waals surface area contributed by atoms with Crippen molar-refractivity contribution in [2.45, 2.75) is 11.8 Å². The zero-order valence-corrected chi connectivity index (χ0v) is 24.3. The molecule has 0 nitrogen and oxygen atoms in total. The average Bonchev–Trinajstić information content (AvgIpc) is 3.12. The van der Waals surface area contributed by atoms with Crippen molar-refractivity contribution in [2.75, 3.05) is 0 Å². The molecule has 0 heterocycles. The van der Waals surface area contributed by atoms with Crippen molar-refractivity contribution in [3.05, 3.63) is 203 Å². The molecule has 206 valence electrons. The maximum atomic E-state index is 2.51. The Morgan fingerprint density at radius 2 is 0.500 bits per heavy atom. The van der Waals surface area contributed by atoms with Gasteiger partial charge in [-0.25, -0.2) is 0 Å². The van der Waals surface area contributed by atoms with E-state index in [1.165, 1.54) is 77.9 Å². The SMILES string of the molecule is c1ccc(-c2ccc(-c3cc4c(cc3-c3ccc(-c5ccccc5)cc3)C3c5ccccc5C4c4ccccc43)cc2)cc1. The number of hydrogen-bond donors (Lipinski definition) is 0. The average molecular weight is 559 g/mol. The van der Waals surface area contributed by atoms with Gasteiger partial charge in [0.25, 0.3) is 0 Å². The van der Waals surface area contributed by atoms with Gasteiger partial charge in [0, 0.05) is 11.8 Å². The molecule has 0 spiro atoms. The summed E-state index contributed by atoms with van der Waals surface area (Å²) in [4.78, 5) is 0. The van der Waals surface area contributed by atoms with E-state index in [1.807, 2.05) is 0 Å². The van der Waals surface area contributed by atoms with Crippen LogP contribution in [0.3, 0.4) is 0 Å². The van der Waals surface area contributed by atoms with Crippen LogP contribution in [0.4, 0.5) is 0 Å². The van der Waals surface area contributed by atoms with E-state index < -0.39 is 0 Å². The normalized spacial score (nSPS) is 15.7. The molecule has 0 saturated heterocycles. The summed E-state index contributed by atoms with van der Waals surface area (Å²) in [6.45, 7) is 0. The second-order valence-corrected chi connectivity index (χ2v) is 12.0. The molecule has 2 bridgehead atoms. The molecule has 0 radical (unpaired) electrons. The van der Waals surface area contributed by atoms with E-state index in [4.69, 9.17) is 0 Å². The van der Waals surface area contributed by atoms with Crippen molar-refractivity contribution in [1.82, 2.24) is 0 Å². The molecule has 10 rings (SSSR count). The topological polar surface area (TPSA) is 0 Å². The standard InChI is InChI=1S/C44H30/c1-3-11-29(12-4-1)31-19-23-33(24-20-31)39-27-41-42(28-40(39)34-25-21-32(22-26-34)30-13-5-2-6-14-30)44-37-17-9-7-15-35(37)43(41)36-16-8-10-18-38(36)44/h1-28,43-44H. The van der Waals surface area contributed by atoms with E-state index in [9.17, 15) is 0 Å². The molecule has 0 atom stereocenters. The predicted octanol–water partition coefficient (Wildman–Crippen LogP) is 11.3. The fourth-order valence-electron chi connectivity index (χ4n) is 7.64. The molecule has 7 aromatic carbocycles. The van der Waals surface area contributed by atoms with Gasteiger partial charge in [-0.1, -0.05) is 158 Å². The van der Waals surface area contributed by atoms with Gasteiger partial charge in [-0.2, -0.15) is 0 Å². The Kier molecular flexibility index (Phi) is 5.74. The summed E-state index contributed by atoms with van der Waals surface area (Å²) in [6.07, 6.45) is 0. The quantitative estimate of drug-likeness (QED) is 0.201. The first-order chi connectivity index (χ1) is 21.8. The van der Waals surface area contributed by atoms with Crippen molar-refractivity contribution in [3.8, 4) is 44.5 Å². The minimum absolute atomic E-state index is 0.249. The second kappa shape index (κ2) is 10.1. The van der Waals surface area contributed by atoms with Crippen LogP contribution in [0.15, 0.2) is 170 Å². The molecule has 7 aromatic rings. The number of rotatable bonds is 4. The minimum Gasteiger partial charge on any atom is -0.0622 e. The lowest BCUT2D eigenvalue weighted by atomic mass is 9.60. The van der Waals surface area contributed by atoms with Crippen LogP contribution in [0.5, 0.6) is 0 Å². The molecule has 3 aliphatic rings. The van der Waals surface area contributed by atoms with Crippen LogP contribution >= 0.6 is 0 Å². The highest BCUT2D eigenvalue weighted by Crippen LogP contribution is 2.57. The molecule has 44 heavy (non-hydrogen) atoms. The highest BCUT2D eigenvalue weighted by atomic mass is 14.4. The van der Waals surface area contributed by atoms with Gasteiger partial charge in [-0.3, -0.25) is 0 Å². The van der Waals surface area contributed by atoms with E-state index in [0.29, 0.717) is 0 Å². The fraction of sp³-hybridized carbons (Fsp3) is 0.0455. The zero-order chi connectivity index (χ0) is 29.0. The van der Waals surface area contributed by atoms with Gasteiger partial charge in [0.1, 0.15) is 0 Å². The smallest absolute Gasteiger partial charge is 0.0349 e. The first-order valence-electron chi connectivity index (χ1n) is 15.5. The Balaban J connectivity index is 1.24. The van der Waals surface area contributed by atoms with E-state index in [2.05, 4.69) is 170 Å². The van der Waals surface area contributed by atoms with Gasteiger partial charge in [0.05, 0.1) is 0 Å². The molecule has 0 amide bonds. The van der Waals surface area contributed by atoms with Gasteiger partial charge in [0.2, 0.25) is 0 Å². The monoisotopic (exact) mass is 558 g/mol. The lowest BCUT2D eigenvalue weighted by Gasteiger charge is -2.42. The van der Waals surface area contributed by atoms with Crippen LogP contribution < -0.4 is 0 Å². The Morgan fingerprint density at radius 3 is 0.841 bits per heavy atom. The summed E-state index contributed by atoms with van der Waals surface area (Å²) in [6, 6.07) is 62.8. The summed E-state index contributed by atoms with van der Waals surface area (Å²) in [7, 11) is 0. The Morgan fingerprint density at radius 1 is 0.227 bits per heavy atom. The van der Waals surface area contributed by atoms with E-state index >= 15 is 0 Å². The highest BCUT2D eigenvalue weighted by molar-refractivity contribution is 5.88. The Bertz CT molecular complexity index is 1930. The summed E-state index contributed by atoms with van der Waals surface area (Å²) in [5.41, 5.74) is 18.7. The van der Waals surface area contributed by atoms with Crippen molar-refractivity contribution >= 4 is 0 Å². The fourth-order valence-corrected chi connectivity index (χ4v) is 7.64. The van der Waals surface area contributed by atoms with Crippen LogP contribution in [-0.2, 0) is 0 Å². The van der Waals surface area contributed by atoms with Crippen molar-refractivity contribution in [1.29, 1.82) is 0 Å². The van der Waals surface area contributed by atoms with Gasteiger partial charge in [-0.15, -0.1) is 0 Å². The molecule has 3 aliphatic carbocycles. The lowest BCUT2D eigenvalue weighted by Crippen LogP contribution is -2.27. The summed E-state index contributed by atoms with van der Waals surface area (Å²) >= 11 is 0. The van der Waals surface area contributed by atoms with Crippen LogP contribution in [0.25, 0.3) is 44.5 Å². The van der Waals surface area contributed by atoms with Gasteiger partial charge >= 0.3 is 0 Å². The molecule has 0 aliphatic heterocycles.